The maximum Gasteiger partial charge on any atom is 0.179 e. The third-order valence-electron chi connectivity index (χ3n) is 4.75. The molecule has 0 amide bonds. The minimum Gasteiger partial charge on any atom is -0.471 e. The van der Waals surface area contributed by atoms with Gasteiger partial charge in [-0.15, -0.1) is 0 Å². The lowest BCUT2D eigenvalue weighted by Crippen LogP contribution is -2.44. The van der Waals surface area contributed by atoms with E-state index >= 15 is 0 Å². The van der Waals surface area contributed by atoms with Crippen LogP contribution in [0.15, 0.2) is 60.8 Å². The molecular formula is C22H21N3O2. The van der Waals surface area contributed by atoms with Crippen molar-refractivity contribution in [2.24, 2.45) is 0 Å². The molecule has 1 fully saturated rings. The number of rotatable bonds is 4. The highest BCUT2D eigenvalue weighted by Crippen LogP contribution is 2.29. The summed E-state index contributed by atoms with van der Waals surface area (Å²) in [5.41, 5.74) is 2.57. The van der Waals surface area contributed by atoms with Gasteiger partial charge in [-0.25, -0.2) is 0 Å². The summed E-state index contributed by atoms with van der Waals surface area (Å²) in [7, 11) is 0. The zero-order valence-corrected chi connectivity index (χ0v) is 15.2. The molecule has 0 radical (unpaired) electrons. The quantitative estimate of drug-likeness (QED) is 0.707. The van der Waals surface area contributed by atoms with Gasteiger partial charge in [-0.3, -0.25) is 9.88 Å². The standard InChI is InChI=1S/C22H21N3O2/c1-16-15-25(11-12-26-16)22(19-6-4-17(14-23)5-7-19)27-20-9-8-18-3-2-10-24-21(18)13-20/h2-10,13,16,22H,11-12,15H2,1H3. The second-order valence-electron chi connectivity index (χ2n) is 6.74. The van der Waals surface area contributed by atoms with Gasteiger partial charge in [-0.05, 0) is 37.3 Å². The van der Waals surface area contributed by atoms with Crippen molar-refractivity contribution in [1.82, 2.24) is 9.88 Å². The molecular weight excluding hydrogens is 338 g/mol. The van der Waals surface area contributed by atoms with Crippen molar-refractivity contribution in [3.8, 4) is 11.8 Å². The van der Waals surface area contributed by atoms with E-state index in [0.29, 0.717) is 12.2 Å². The fraction of sp³-hybridized carbons (Fsp3) is 0.273. The SMILES string of the molecule is CC1CN(C(Oc2ccc3cccnc3c2)c2ccc(C#N)cc2)CCO1. The second kappa shape index (κ2) is 7.75. The van der Waals surface area contributed by atoms with Crippen LogP contribution in [0, 0.1) is 11.3 Å². The maximum absolute atomic E-state index is 9.07. The Hall–Kier alpha value is -2.94. The molecule has 0 aliphatic carbocycles. The van der Waals surface area contributed by atoms with Crippen LogP contribution in [-0.2, 0) is 4.74 Å². The molecule has 5 nitrogen and oxygen atoms in total. The molecule has 27 heavy (non-hydrogen) atoms. The number of aromatic nitrogens is 1. The van der Waals surface area contributed by atoms with Crippen LogP contribution < -0.4 is 4.74 Å². The highest BCUT2D eigenvalue weighted by atomic mass is 16.5. The lowest BCUT2D eigenvalue weighted by atomic mass is 10.1. The van der Waals surface area contributed by atoms with E-state index in [4.69, 9.17) is 14.7 Å². The summed E-state index contributed by atoms with van der Waals surface area (Å²) >= 11 is 0. The van der Waals surface area contributed by atoms with E-state index in [-0.39, 0.29) is 12.3 Å². The van der Waals surface area contributed by atoms with E-state index in [1.165, 1.54) is 0 Å². The van der Waals surface area contributed by atoms with Gasteiger partial charge in [-0.1, -0.05) is 18.2 Å². The number of pyridine rings is 1. The van der Waals surface area contributed by atoms with Crippen molar-refractivity contribution >= 4 is 10.9 Å². The Kier molecular flexibility index (Phi) is 5.01. The first-order chi connectivity index (χ1) is 13.2. The fourth-order valence-electron chi connectivity index (χ4n) is 3.38. The Morgan fingerprint density at radius 1 is 1.22 bits per heavy atom. The number of hydrogen-bond acceptors (Lipinski definition) is 5. The topological polar surface area (TPSA) is 58.4 Å². The van der Waals surface area contributed by atoms with Crippen molar-refractivity contribution < 1.29 is 9.47 Å². The number of nitrogens with zero attached hydrogens (tertiary/aromatic N) is 3. The summed E-state index contributed by atoms with van der Waals surface area (Å²) in [6, 6.07) is 19.7. The Labute approximate surface area is 158 Å². The molecule has 1 aromatic heterocycles. The van der Waals surface area contributed by atoms with Gasteiger partial charge in [0.1, 0.15) is 5.75 Å². The Morgan fingerprint density at radius 2 is 2.07 bits per heavy atom. The zero-order chi connectivity index (χ0) is 18.6. The van der Waals surface area contributed by atoms with Gasteiger partial charge in [0.25, 0.3) is 0 Å². The smallest absolute Gasteiger partial charge is 0.179 e. The van der Waals surface area contributed by atoms with Crippen LogP contribution in [0.4, 0.5) is 0 Å². The lowest BCUT2D eigenvalue weighted by Gasteiger charge is -2.37. The van der Waals surface area contributed by atoms with Crippen LogP contribution in [-0.4, -0.2) is 35.7 Å². The highest BCUT2D eigenvalue weighted by molar-refractivity contribution is 5.79. The van der Waals surface area contributed by atoms with E-state index in [0.717, 1.165) is 35.3 Å². The minimum absolute atomic E-state index is 0.154. The molecule has 136 valence electrons. The molecule has 0 N–H and O–H groups in total. The van der Waals surface area contributed by atoms with Crippen LogP contribution in [0.1, 0.15) is 24.3 Å². The average molecular weight is 359 g/mol. The van der Waals surface area contributed by atoms with Crippen LogP contribution >= 0.6 is 0 Å². The van der Waals surface area contributed by atoms with Gasteiger partial charge in [-0.2, -0.15) is 5.26 Å². The zero-order valence-electron chi connectivity index (χ0n) is 15.2. The highest BCUT2D eigenvalue weighted by Gasteiger charge is 2.27. The third kappa shape index (κ3) is 3.92. The van der Waals surface area contributed by atoms with Gasteiger partial charge < -0.3 is 9.47 Å². The van der Waals surface area contributed by atoms with E-state index in [9.17, 15) is 0 Å². The van der Waals surface area contributed by atoms with Crippen molar-refractivity contribution in [2.45, 2.75) is 19.3 Å². The first-order valence-corrected chi connectivity index (χ1v) is 9.10. The first-order valence-electron chi connectivity index (χ1n) is 9.10. The fourth-order valence-corrected chi connectivity index (χ4v) is 3.38. The number of nitriles is 1. The molecule has 0 spiro atoms. The molecule has 2 heterocycles. The van der Waals surface area contributed by atoms with E-state index in [1.807, 2.05) is 54.6 Å². The molecule has 1 saturated heterocycles. The largest absolute Gasteiger partial charge is 0.471 e. The predicted molar refractivity (Wildman–Crippen MR) is 103 cm³/mol. The molecule has 1 aliphatic heterocycles. The van der Waals surface area contributed by atoms with Crippen LogP contribution in [0.25, 0.3) is 10.9 Å². The number of hydrogen-bond donors (Lipinski definition) is 0. The minimum atomic E-state index is -0.245. The molecule has 3 aromatic rings. The van der Waals surface area contributed by atoms with Crippen molar-refractivity contribution in [3.63, 3.8) is 0 Å². The lowest BCUT2D eigenvalue weighted by molar-refractivity contribution is -0.0796. The molecule has 5 heteroatoms. The van der Waals surface area contributed by atoms with Gasteiger partial charge in [0.2, 0.25) is 0 Å². The number of ether oxygens (including phenoxy) is 2. The summed E-state index contributed by atoms with van der Waals surface area (Å²) in [5.74, 6) is 0.773. The Balaban J connectivity index is 1.66. The normalized spacial score (nSPS) is 18.7. The van der Waals surface area contributed by atoms with Crippen molar-refractivity contribution in [3.05, 3.63) is 71.9 Å². The van der Waals surface area contributed by atoms with Gasteiger partial charge in [0.05, 0.1) is 29.9 Å². The number of fused-ring (bicyclic) bond motifs is 1. The number of morpholine rings is 1. The summed E-state index contributed by atoms with van der Waals surface area (Å²) in [5, 5.41) is 10.2. The molecule has 0 bridgehead atoms. The maximum atomic E-state index is 9.07. The van der Waals surface area contributed by atoms with E-state index < -0.39 is 0 Å². The Morgan fingerprint density at radius 3 is 2.85 bits per heavy atom. The second-order valence-corrected chi connectivity index (χ2v) is 6.74. The van der Waals surface area contributed by atoms with E-state index in [2.05, 4.69) is 22.9 Å². The van der Waals surface area contributed by atoms with Crippen LogP contribution in [0.3, 0.4) is 0 Å². The summed E-state index contributed by atoms with van der Waals surface area (Å²) in [6.45, 7) is 4.33. The van der Waals surface area contributed by atoms with Crippen molar-refractivity contribution in [1.29, 1.82) is 5.26 Å². The average Bonchev–Trinajstić information content (AvgIpc) is 2.72. The Bertz CT molecular complexity index is 965. The van der Waals surface area contributed by atoms with Gasteiger partial charge in [0, 0.05) is 36.3 Å². The van der Waals surface area contributed by atoms with Gasteiger partial charge in [0.15, 0.2) is 6.23 Å². The van der Waals surface area contributed by atoms with E-state index in [1.54, 1.807) is 6.20 Å². The molecule has 2 unspecified atom stereocenters. The van der Waals surface area contributed by atoms with Crippen LogP contribution in [0.2, 0.25) is 0 Å². The van der Waals surface area contributed by atoms with Crippen LogP contribution in [0.5, 0.6) is 5.75 Å². The molecule has 2 atom stereocenters. The summed E-state index contributed by atoms with van der Waals surface area (Å²) in [4.78, 5) is 6.70. The predicted octanol–water partition coefficient (Wildman–Crippen LogP) is 3.90. The summed E-state index contributed by atoms with van der Waals surface area (Å²) in [6.07, 6.45) is 1.69. The monoisotopic (exact) mass is 359 g/mol. The van der Waals surface area contributed by atoms with Crippen molar-refractivity contribution in [2.75, 3.05) is 19.7 Å². The summed E-state index contributed by atoms with van der Waals surface area (Å²) < 4.78 is 12.1. The molecule has 0 saturated carbocycles. The molecule has 2 aromatic carbocycles. The molecule has 1 aliphatic rings. The third-order valence-corrected chi connectivity index (χ3v) is 4.75. The molecule has 4 rings (SSSR count). The first kappa shape index (κ1) is 17.5. The van der Waals surface area contributed by atoms with Gasteiger partial charge >= 0.3 is 0 Å². The number of benzene rings is 2.